The number of nitrogens with one attached hydrogen (secondary N) is 1. The molecule has 2 N–H and O–H groups in total. The first-order valence-corrected chi connectivity index (χ1v) is 8.24. The molecule has 20 heavy (non-hydrogen) atoms. The van der Waals surface area contributed by atoms with Crippen molar-refractivity contribution in [2.45, 2.75) is 39.5 Å². The van der Waals surface area contributed by atoms with Crippen molar-refractivity contribution >= 4 is 23.4 Å². The van der Waals surface area contributed by atoms with Crippen molar-refractivity contribution in [2.24, 2.45) is 0 Å². The SMILES string of the molecule is CC(C)c1cccc(C(C)C)c1NC(=O)CSCCO. The van der Waals surface area contributed by atoms with Gasteiger partial charge in [0.25, 0.3) is 0 Å². The third-order valence-corrected chi connectivity index (χ3v) is 4.04. The van der Waals surface area contributed by atoms with Crippen LogP contribution in [0.15, 0.2) is 18.2 Å². The van der Waals surface area contributed by atoms with E-state index in [0.717, 1.165) is 5.69 Å². The number of hydrogen-bond donors (Lipinski definition) is 2. The molecule has 0 aliphatic carbocycles. The van der Waals surface area contributed by atoms with E-state index in [0.29, 0.717) is 23.3 Å². The van der Waals surface area contributed by atoms with Gasteiger partial charge in [-0.05, 0) is 23.0 Å². The Morgan fingerprint density at radius 3 is 2.20 bits per heavy atom. The summed E-state index contributed by atoms with van der Waals surface area (Å²) in [5.74, 6) is 1.71. The van der Waals surface area contributed by atoms with Crippen molar-refractivity contribution in [2.75, 3.05) is 23.4 Å². The molecular weight excluding hydrogens is 270 g/mol. The van der Waals surface area contributed by atoms with Crippen molar-refractivity contribution in [3.8, 4) is 0 Å². The molecule has 0 saturated carbocycles. The fourth-order valence-corrected chi connectivity index (χ4v) is 2.63. The van der Waals surface area contributed by atoms with E-state index in [1.54, 1.807) is 0 Å². The molecule has 1 rings (SSSR count). The maximum absolute atomic E-state index is 12.0. The third-order valence-electron chi connectivity index (χ3n) is 3.11. The summed E-state index contributed by atoms with van der Waals surface area (Å²) in [7, 11) is 0. The van der Waals surface area contributed by atoms with E-state index in [2.05, 4.69) is 51.2 Å². The smallest absolute Gasteiger partial charge is 0.234 e. The van der Waals surface area contributed by atoms with Crippen LogP contribution in [-0.4, -0.2) is 29.1 Å². The minimum atomic E-state index is -0.00144. The van der Waals surface area contributed by atoms with Crippen LogP contribution in [0.2, 0.25) is 0 Å². The second-order valence-electron chi connectivity index (χ2n) is 5.45. The monoisotopic (exact) mass is 295 g/mol. The summed E-state index contributed by atoms with van der Waals surface area (Å²) in [6.07, 6.45) is 0. The highest BCUT2D eigenvalue weighted by atomic mass is 32.2. The molecule has 0 heterocycles. The molecule has 1 aromatic rings. The van der Waals surface area contributed by atoms with Crippen LogP contribution in [0.5, 0.6) is 0 Å². The summed E-state index contributed by atoms with van der Waals surface area (Å²) in [4.78, 5) is 12.0. The van der Waals surface area contributed by atoms with Gasteiger partial charge in [0, 0.05) is 11.4 Å². The zero-order valence-corrected chi connectivity index (χ0v) is 13.6. The highest BCUT2D eigenvalue weighted by Gasteiger charge is 2.15. The molecule has 0 atom stereocenters. The fraction of sp³-hybridized carbons (Fsp3) is 0.562. The Bertz CT molecular complexity index is 418. The Morgan fingerprint density at radius 2 is 1.75 bits per heavy atom. The number of hydrogen-bond acceptors (Lipinski definition) is 3. The first-order valence-electron chi connectivity index (χ1n) is 7.08. The van der Waals surface area contributed by atoms with Gasteiger partial charge in [-0.2, -0.15) is 0 Å². The lowest BCUT2D eigenvalue weighted by Crippen LogP contribution is -2.18. The largest absolute Gasteiger partial charge is 0.396 e. The quantitative estimate of drug-likeness (QED) is 0.756. The van der Waals surface area contributed by atoms with Gasteiger partial charge in [0.05, 0.1) is 12.4 Å². The number of thioether (sulfide) groups is 1. The van der Waals surface area contributed by atoms with Gasteiger partial charge in [-0.3, -0.25) is 4.79 Å². The maximum Gasteiger partial charge on any atom is 0.234 e. The second kappa shape index (κ2) is 8.32. The lowest BCUT2D eigenvalue weighted by Gasteiger charge is -2.20. The number of rotatable bonds is 7. The molecule has 0 aromatic heterocycles. The molecule has 0 aliphatic heterocycles. The predicted octanol–water partition coefficient (Wildman–Crippen LogP) is 3.60. The number of carbonyl (C=O) groups excluding carboxylic acids is 1. The van der Waals surface area contributed by atoms with Crippen molar-refractivity contribution in [1.29, 1.82) is 0 Å². The van der Waals surface area contributed by atoms with Crippen LogP contribution in [0.25, 0.3) is 0 Å². The van der Waals surface area contributed by atoms with Gasteiger partial charge in [0.15, 0.2) is 0 Å². The van der Waals surface area contributed by atoms with Gasteiger partial charge in [0.1, 0.15) is 0 Å². The van der Waals surface area contributed by atoms with Crippen LogP contribution in [0, 0.1) is 0 Å². The van der Waals surface area contributed by atoms with Crippen LogP contribution in [-0.2, 0) is 4.79 Å². The zero-order valence-electron chi connectivity index (χ0n) is 12.8. The topological polar surface area (TPSA) is 49.3 Å². The van der Waals surface area contributed by atoms with E-state index < -0.39 is 0 Å². The van der Waals surface area contributed by atoms with E-state index in [1.165, 1.54) is 22.9 Å². The van der Waals surface area contributed by atoms with Gasteiger partial charge in [-0.15, -0.1) is 11.8 Å². The summed E-state index contributed by atoms with van der Waals surface area (Å²) in [5.41, 5.74) is 3.32. The highest BCUT2D eigenvalue weighted by Crippen LogP contribution is 2.32. The third kappa shape index (κ3) is 4.84. The summed E-state index contributed by atoms with van der Waals surface area (Å²) in [6.45, 7) is 8.65. The van der Waals surface area contributed by atoms with E-state index in [9.17, 15) is 4.79 Å². The van der Waals surface area contributed by atoms with Gasteiger partial charge in [-0.25, -0.2) is 0 Å². The van der Waals surface area contributed by atoms with Crippen LogP contribution in [0.1, 0.15) is 50.7 Å². The van der Waals surface area contributed by atoms with E-state index >= 15 is 0 Å². The average molecular weight is 295 g/mol. The summed E-state index contributed by atoms with van der Waals surface area (Å²) < 4.78 is 0. The summed E-state index contributed by atoms with van der Waals surface area (Å²) in [5, 5.41) is 11.8. The van der Waals surface area contributed by atoms with Crippen LogP contribution >= 0.6 is 11.8 Å². The van der Waals surface area contributed by atoms with Gasteiger partial charge < -0.3 is 10.4 Å². The molecule has 0 fully saturated rings. The number of amides is 1. The fourth-order valence-electron chi connectivity index (χ4n) is 2.10. The molecule has 0 aliphatic rings. The standard InChI is InChI=1S/C16H25NO2S/c1-11(2)13-6-5-7-14(12(3)4)16(13)17-15(19)10-20-9-8-18/h5-7,11-12,18H,8-10H2,1-4H3,(H,17,19). The van der Waals surface area contributed by atoms with Crippen LogP contribution in [0.3, 0.4) is 0 Å². The first kappa shape index (κ1) is 17.1. The van der Waals surface area contributed by atoms with Crippen molar-refractivity contribution in [1.82, 2.24) is 0 Å². The number of aliphatic hydroxyl groups excluding tert-OH is 1. The molecule has 4 heteroatoms. The number of carbonyl (C=O) groups is 1. The molecule has 1 aromatic carbocycles. The highest BCUT2D eigenvalue weighted by molar-refractivity contribution is 7.99. The Kier molecular flexibility index (Phi) is 7.10. The molecule has 112 valence electrons. The average Bonchev–Trinajstić information content (AvgIpc) is 2.38. The molecule has 0 saturated heterocycles. The normalized spacial score (nSPS) is 11.2. The van der Waals surface area contributed by atoms with Gasteiger partial charge in [-0.1, -0.05) is 45.9 Å². The predicted molar refractivity (Wildman–Crippen MR) is 87.7 cm³/mol. The van der Waals surface area contributed by atoms with Crippen LogP contribution in [0.4, 0.5) is 5.69 Å². The molecule has 1 amide bonds. The first-order chi connectivity index (χ1) is 9.47. The van der Waals surface area contributed by atoms with Crippen molar-refractivity contribution in [3.63, 3.8) is 0 Å². The lowest BCUT2D eigenvalue weighted by atomic mass is 9.92. The summed E-state index contributed by atoms with van der Waals surface area (Å²) in [6, 6.07) is 6.21. The number of aliphatic hydroxyl groups is 1. The minimum absolute atomic E-state index is 0.00144. The van der Waals surface area contributed by atoms with Crippen molar-refractivity contribution in [3.05, 3.63) is 29.3 Å². The number of para-hydroxylation sites is 1. The Hall–Kier alpha value is -1.000. The molecule has 0 bridgehead atoms. The molecule has 0 unspecified atom stereocenters. The Balaban J connectivity index is 2.93. The van der Waals surface area contributed by atoms with Crippen molar-refractivity contribution < 1.29 is 9.90 Å². The van der Waals surface area contributed by atoms with Crippen LogP contribution < -0.4 is 5.32 Å². The molecular formula is C16H25NO2S. The van der Waals surface area contributed by atoms with Gasteiger partial charge in [0.2, 0.25) is 5.91 Å². The second-order valence-corrected chi connectivity index (χ2v) is 6.55. The van der Waals surface area contributed by atoms with E-state index in [1.807, 2.05) is 0 Å². The lowest BCUT2D eigenvalue weighted by molar-refractivity contribution is -0.113. The molecule has 0 spiro atoms. The number of anilines is 1. The molecule has 0 radical (unpaired) electrons. The summed E-state index contributed by atoms with van der Waals surface area (Å²) >= 11 is 1.45. The van der Waals surface area contributed by atoms with Gasteiger partial charge >= 0.3 is 0 Å². The minimum Gasteiger partial charge on any atom is -0.396 e. The zero-order chi connectivity index (χ0) is 15.1. The molecule has 3 nitrogen and oxygen atoms in total. The number of benzene rings is 1. The van der Waals surface area contributed by atoms with E-state index in [4.69, 9.17) is 5.11 Å². The Morgan fingerprint density at radius 1 is 1.20 bits per heavy atom. The maximum atomic E-state index is 12.0. The van der Waals surface area contributed by atoms with E-state index in [-0.39, 0.29) is 12.5 Å². The Labute approximate surface area is 126 Å².